The summed E-state index contributed by atoms with van der Waals surface area (Å²) in [6, 6.07) is 4.17. The lowest BCUT2D eigenvalue weighted by Gasteiger charge is -2.02. The van der Waals surface area contributed by atoms with Crippen LogP contribution in [-0.4, -0.2) is 6.26 Å². The van der Waals surface area contributed by atoms with Crippen LogP contribution < -0.4 is 5.73 Å². The van der Waals surface area contributed by atoms with Gasteiger partial charge in [0, 0.05) is 26.5 Å². The summed E-state index contributed by atoms with van der Waals surface area (Å²) in [4.78, 5) is 1.21. The van der Waals surface area contributed by atoms with E-state index >= 15 is 0 Å². The Balaban J connectivity index is 2.72. The van der Waals surface area contributed by atoms with Crippen LogP contribution in [0.2, 0.25) is 0 Å². The number of thioether (sulfide) groups is 1. The molecule has 1 heterocycles. The lowest BCUT2D eigenvalue weighted by atomic mass is 10.1. The molecule has 0 amide bonds. The Morgan fingerprint density at radius 1 is 1.50 bits per heavy atom. The van der Waals surface area contributed by atoms with Gasteiger partial charge in [0.15, 0.2) is 0 Å². The SMILES string of the molecule is CSc1cc(N)c2c(CCl)csc2c1. The lowest BCUT2D eigenvalue weighted by molar-refractivity contribution is 1.47. The predicted molar refractivity (Wildman–Crippen MR) is 67.6 cm³/mol. The number of halogens is 1. The van der Waals surface area contributed by atoms with Crippen LogP contribution >= 0.6 is 34.7 Å². The number of anilines is 1. The third-order valence-corrected chi connectivity index (χ3v) is 4.11. The summed E-state index contributed by atoms with van der Waals surface area (Å²) >= 11 is 9.25. The van der Waals surface area contributed by atoms with Crippen LogP contribution in [0.5, 0.6) is 0 Å². The molecule has 0 atom stereocenters. The molecule has 0 radical (unpaired) electrons. The van der Waals surface area contributed by atoms with Crippen molar-refractivity contribution in [2.45, 2.75) is 10.8 Å². The zero-order chi connectivity index (χ0) is 10.1. The lowest BCUT2D eigenvalue weighted by Crippen LogP contribution is -1.87. The summed E-state index contributed by atoms with van der Waals surface area (Å²) in [7, 11) is 0. The van der Waals surface area contributed by atoms with Gasteiger partial charge in [-0.2, -0.15) is 0 Å². The standard InChI is InChI=1S/C10H10ClNS2/c1-13-7-2-8(12)10-6(4-11)5-14-9(10)3-7/h2-3,5H,4,12H2,1H3. The minimum atomic E-state index is 0.531. The molecule has 0 fully saturated rings. The average Bonchev–Trinajstić information content (AvgIpc) is 2.61. The van der Waals surface area contributed by atoms with E-state index in [2.05, 4.69) is 17.7 Å². The van der Waals surface area contributed by atoms with Crippen LogP contribution in [0.3, 0.4) is 0 Å². The van der Waals surface area contributed by atoms with E-state index in [0.717, 1.165) is 16.6 Å². The molecule has 1 nitrogen and oxygen atoms in total. The Morgan fingerprint density at radius 3 is 2.93 bits per heavy atom. The second-order valence-corrected chi connectivity index (χ2v) is 5.04. The molecule has 0 bridgehead atoms. The Morgan fingerprint density at radius 2 is 2.29 bits per heavy atom. The second-order valence-electron chi connectivity index (χ2n) is 2.98. The predicted octanol–water partition coefficient (Wildman–Crippen LogP) is 3.94. The van der Waals surface area contributed by atoms with Gasteiger partial charge >= 0.3 is 0 Å². The van der Waals surface area contributed by atoms with Gasteiger partial charge in [-0.25, -0.2) is 0 Å². The van der Waals surface area contributed by atoms with E-state index in [4.69, 9.17) is 17.3 Å². The van der Waals surface area contributed by atoms with E-state index < -0.39 is 0 Å². The van der Waals surface area contributed by atoms with E-state index in [0.29, 0.717) is 5.88 Å². The fraction of sp³-hybridized carbons (Fsp3) is 0.200. The highest BCUT2D eigenvalue weighted by Gasteiger charge is 2.07. The molecule has 14 heavy (non-hydrogen) atoms. The average molecular weight is 244 g/mol. The number of nitrogens with two attached hydrogens (primary N) is 1. The van der Waals surface area contributed by atoms with E-state index in [1.165, 1.54) is 9.60 Å². The molecule has 0 unspecified atom stereocenters. The Kier molecular flexibility index (Phi) is 2.91. The van der Waals surface area contributed by atoms with Crippen LogP contribution in [0, 0.1) is 0 Å². The monoisotopic (exact) mass is 243 g/mol. The van der Waals surface area contributed by atoms with Crippen molar-refractivity contribution in [1.29, 1.82) is 0 Å². The largest absolute Gasteiger partial charge is 0.398 e. The van der Waals surface area contributed by atoms with Crippen molar-refractivity contribution >= 4 is 50.5 Å². The highest BCUT2D eigenvalue weighted by molar-refractivity contribution is 7.98. The van der Waals surface area contributed by atoms with Crippen molar-refractivity contribution in [3.05, 3.63) is 23.1 Å². The Labute approximate surface area is 96.2 Å². The minimum Gasteiger partial charge on any atom is -0.398 e. The third-order valence-electron chi connectivity index (χ3n) is 2.14. The number of fused-ring (bicyclic) bond motifs is 1. The van der Waals surface area contributed by atoms with E-state index in [-0.39, 0.29) is 0 Å². The summed E-state index contributed by atoms with van der Waals surface area (Å²) in [5.74, 6) is 0.531. The van der Waals surface area contributed by atoms with Gasteiger partial charge in [0.05, 0.1) is 0 Å². The highest BCUT2D eigenvalue weighted by atomic mass is 35.5. The van der Waals surface area contributed by atoms with Crippen molar-refractivity contribution in [2.75, 3.05) is 12.0 Å². The van der Waals surface area contributed by atoms with Crippen LogP contribution in [0.25, 0.3) is 10.1 Å². The van der Waals surface area contributed by atoms with E-state index in [1.54, 1.807) is 23.1 Å². The van der Waals surface area contributed by atoms with E-state index in [1.807, 2.05) is 6.07 Å². The van der Waals surface area contributed by atoms with Gasteiger partial charge < -0.3 is 5.73 Å². The van der Waals surface area contributed by atoms with Crippen molar-refractivity contribution in [3.8, 4) is 0 Å². The molecule has 1 aromatic heterocycles. The van der Waals surface area contributed by atoms with E-state index in [9.17, 15) is 0 Å². The van der Waals surface area contributed by atoms with Crippen molar-refractivity contribution in [3.63, 3.8) is 0 Å². The van der Waals surface area contributed by atoms with Crippen LogP contribution in [0.15, 0.2) is 22.4 Å². The molecule has 2 aromatic rings. The topological polar surface area (TPSA) is 26.0 Å². The zero-order valence-corrected chi connectivity index (χ0v) is 10.1. The van der Waals surface area contributed by atoms with Gasteiger partial charge in [0.2, 0.25) is 0 Å². The first-order valence-corrected chi connectivity index (χ1v) is 6.79. The normalized spacial score (nSPS) is 11.0. The van der Waals surface area contributed by atoms with Gasteiger partial charge in [-0.15, -0.1) is 34.7 Å². The van der Waals surface area contributed by atoms with Gasteiger partial charge in [0.1, 0.15) is 0 Å². The molecule has 0 spiro atoms. The molecule has 0 saturated carbocycles. The first kappa shape index (κ1) is 10.1. The van der Waals surface area contributed by atoms with Crippen molar-refractivity contribution < 1.29 is 0 Å². The minimum absolute atomic E-state index is 0.531. The maximum Gasteiger partial charge on any atom is 0.0489 e. The number of hydrogen-bond donors (Lipinski definition) is 1. The summed E-state index contributed by atoms with van der Waals surface area (Å²) < 4.78 is 1.23. The molecular formula is C10H10ClNS2. The molecule has 2 N–H and O–H groups in total. The highest BCUT2D eigenvalue weighted by Crippen LogP contribution is 2.35. The maximum atomic E-state index is 5.99. The molecule has 2 rings (SSSR count). The van der Waals surface area contributed by atoms with Crippen molar-refractivity contribution in [2.24, 2.45) is 0 Å². The number of benzene rings is 1. The van der Waals surface area contributed by atoms with Crippen LogP contribution in [0.1, 0.15) is 5.56 Å². The van der Waals surface area contributed by atoms with Crippen molar-refractivity contribution in [1.82, 2.24) is 0 Å². The maximum absolute atomic E-state index is 5.99. The first-order chi connectivity index (χ1) is 6.76. The number of alkyl halides is 1. The zero-order valence-electron chi connectivity index (χ0n) is 7.71. The molecule has 1 aromatic carbocycles. The quantitative estimate of drug-likeness (QED) is 0.491. The van der Waals surface area contributed by atoms with Crippen LogP contribution in [0.4, 0.5) is 5.69 Å². The molecular weight excluding hydrogens is 234 g/mol. The molecule has 4 heteroatoms. The Bertz CT molecular complexity index is 464. The van der Waals surface area contributed by atoms with Gasteiger partial charge in [-0.3, -0.25) is 0 Å². The molecule has 0 aliphatic heterocycles. The third kappa shape index (κ3) is 1.60. The molecule has 0 aliphatic rings. The van der Waals surface area contributed by atoms with Gasteiger partial charge in [-0.1, -0.05) is 0 Å². The number of nitrogen functional groups attached to an aromatic ring is 1. The molecule has 0 aliphatic carbocycles. The fourth-order valence-electron chi connectivity index (χ4n) is 1.46. The fourth-order valence-corrected chi connectivity index (χ4v) is 3.35. The second kappa shape index (κ2) is 4.01. The summed E-state index contributed by atoms with van der Waals surface area (Å²) in [6.07, 6.45) is 2.05. The number of hydrogen-bond acceptors (Lipinski definition) is 3. The number of thiophene rings is 1. The number of rotatable bonds is 2. The summed E-state index contributed by atoms with van der Waals surface area (Å²) in [5.41, 5.74) is 7.96. The smallest absolute Gasteiger partial charge is 0.0489 e. The van der Waals surface area contributed by atoms with Gasteiger partial charge in [0.25, 0.3) is 0 Å². The van der Waals surface area contributed by atoms with Gasteiger partial charge in [-0.05, 0) is 29.3 Å². The van der Waals surface area contributed by atoms with Crippen LogP contribution in [-0.2, 0) is 5.88 Å². The first-order valence-electron chi connectivity index (χ1n) is 4.16. The summed E-state index contributed by atoms with van der Waals surface area (Å²) in [6.45, 7) is 0. The molecule has 0 saturated heterocycles. The molecule has 74 valence electrons. The Hall–Kier alpha value is -0.380. The summed E-state index contributed by atoms with van der Waals surface area (Å²) in [5, 5.41) is 3.21.